The molecule has 2 rings (SSSR count). The molecule has 0 atom stereocenters. The predicted molar refractivity (Wildman–Crippen MR) is 104 cm³/mol. The number of nitrogens with zero attached hydrogens (tertiary/aromatic N) is 2. The van der Waals surface area contributed by atoms with E-state index in [0.29, 0.717) is 11.3 Å². The largest absolute Gasteiger partial charge is 0.295 e. The smallest absolute Gasteiger partial charge is 0.282 e. The quantitative estimate of drug-likeness (QED) is 0.555. The zero-order chi connectivity index (χ0) is 19.5. The van der Waals surface area contributed by atoms with Crippen molar-refractivity contribution < 1.29 is 21.4 Å². The van der Waals surface area contributed by atoms with E-state index >= 15 is 0 Å². The van der Waals surface area contributed by atoms with Gasteiger partial charge in [0.1, 0.15) is 4.90 Å². The normalized spacial score (nSPS) is 12.2. The summed E-state index contributed by atoms with van der Waals surface area (Å²) in [5.41, 5.74) is 0.963. The lowest BCUT2D eigenvalue weighted by atomic mass is 10.1. The fourth-order valence-electron chi connectivity index (χ4n) is 2.16. The van der Waals surface area contributed by atoms with Crippen LogP contribution in [0.1, 0.15) is 11.1 Å². The Bertz CT molecular complexity index is 1030. The van der Waals surface area contributed by atoms with Gasteiger partial charge in [0, 0.05) is 31.1 Å². The molecule has 136 valence electrons. The molecule has 0 amide bonds. The highest BCUT2D eigenvalue weighted by Crippen LogP contribution is 2.27. The van der Waals surface area contributed by atoms with Crippen molar-refractivity contribution in [3.05, 3.63) is 47.5 Å². The van der Waals surface area contributed by atoms with Gasteiger partial charge in [-0.2, -0.15) is 17.1 Å². The first-order valence-corrected chi connectivity index (χ1v) is 10.9. The van der Waals surface area contributed by atoms with E-state index in [1.54, 1.807) is 0 Å². The standard InChI is InChI=1S/C15H12N2O5S4/c1-25(18,19)14-8-12(16-23)6-4-10(14)2-3-11-5-7-13(17-24)9-15(11)26(20,21)22/h2-9H,1H3,(H,20,21,22)/b3-2+. The van der Waals surface area contributed by atoms with Crippen molar-refractivity contribution in [2.24, 2.45) is 8.73 Å². The fraction of sp³-hybridized carbons (Fsp3) is 0.0667. The molecule has 26 heavy (non-hydrogen) atoms. The summed E-state index contributed by atoms with van der Waals surface area (Å²) in [5, 5.41) is 0. The Balaban J connectivity index is 2.62. The zero-order valence-electron chi connectivity index (χ0n) is 13.2. The minimum Gasteiger partial charge on any atom is -0.282 e. The van der Waals surface area contributed by atoms with Crippen LogP contribution in [0.2, 0.25) is 0 Å². The lowest BCUT2D eigenvalue weighted by Gasteiger charge is -2.06. The number of hydrogen-bond donors (Lipinski definition) is 1. The van der Waals surface area contributed by atoms with Crippen LogP contribution < -0.4 is 0 Å². The summed E-state index contributed by atoms with van der Waals surface area (Å²) in [7, 11) is -8.10. The molecule has 0 saturated heterocycles. The van der Waals surface area contributed by atoms with E-state index in [4.69, 9.17) is 0 Å². The zero-order valence-corrected chi connectivity index (χ0v) is 16.5. The molecule has 2 aromatic carbocycles. The molecule has 11 heteroatoms. The van der Waals surface area contributed by atoms with Gasteiger partial charge in [-0.25, -0.2) is 8.42 Å². The van der Waals surface area contributed by atoms with Crippen molar-refractivity contribution in [3.8, 4) is 0 Å². The van der Waals surface area contributed by atoms with E-state index in [1.807, 2.05) is 0 Å². The van der Waals surface area contributed by atoms with Crippen molar-refractivity contribution in [2.75, 3.05) is 6.26 Å². The first kappa shape index (κ1) is 20.4. The molecule has 0 aliphatic carbocycles. The average molecular weight is 429 g/mol. The van der Waals surface area contributed by atoms with E-state index in [1.165, 1.54) is 42.5 Å². The molecule has 7 nitrogen and oxygen atoms in total. The second-order valence-electron chi connectivity index (χ2n) is 5.21. The van der Waals surface area contributed by atoms with E-state index in [-0.39, 0.29) is 16.1 Å². The highest BCUT2D eigenvalue weighted by atomic mass is 32.2. The second kappa shape index (κ2) is 7.76. The van der Waals surface area contributed by atoms with Gasteiger partial charge < -0.3 is 0 Å². The SMILES string of the molecule is CS(=O)(=O)c1cc(N=S)ccc1/C=C/c1ccc(N=S)cc1S(=O)(=O)O. The van der Waals surface area contributed by atoms with Crippen molar-refractivity contribution >= 4 is 68.3 Å². The molecule has 0 bridgehead atoms. The third-order valence-corrected chi connectivity index (χ3v) is 5.81. The molecule has 0 unspecified atom stereocenters. The molecule has 2 aromatic rings. The molecular weight excluding hydrogens is 416 g/mol. The van der Waals surface area contributed by atoms with Gasteiger partial charge >= 0.3 is 0 Å². The maximum absolute atomic E-state index is 12.0. The van der Waals surface area contributed by atoms with Gasteiger partial charge in [-0.05, 0) is 35.4 Å². The first-order valence-electron chi connectivity index (χ1n) is 6.86. The van der Waals surface area contributed by atoms with Gasteiger partial charge in [0.2, 0.25) is 0 Å². The summed E-state index contributed by atoms with van der Waals surface area (Å²) in [5.74, 6) is 0. The third kappa shape index (κ3) is 4.83. The fourth-order valence-corrected chi connectivity index (χ4v) is 3.99. The maximum atomic E-state index is 12.0. The Kier molecular flexibility index (Phi) is 6.09. The Morgan fingerprint density at radius 1 is 0.846 bits per heavy atom. The van der Waals surface area contributed by atoms with Crippen molar-refractivity contribution in [1.82, 2.24) is 0 Å². The van der Waals surface area contributed by atoms with E-state index < -0.39 is 24.9 Å². The Morgan fingerprint density at radius 3 is 1.65 bits per heavy atom. The Labute approximate surface area is 161 Å². The molecule has 1 N–H and O–H groups in total. The van der Waals surface area contributed by atoms with E-state index in [2.05, 4.69) is 33.6 Å². The summed E-state index contributed by atoms with van der Waals surface area (Å²) in [6.45, 7) is 0. The number of rotatable bonds is 6. The topological polar surface area (TPSA) is 113 Å². The summed E-state index contributed by atoms with van der Waals surface area (Å²) in [6.07, 6.45) is 3.82. The second-order valence-corrected chi connectivity index (χ2v) is 8.95. The highest BCUT2D eigenvalue weighted by Gasteiger charge is 2.16. The summed E-state index contributed by atoms with van der Waals surface area (Å²) in [4.78, 5) is -0.400. The van der Waals surface area contributed by atoms with Gasteiger partial charge in [0.25, 0.3) is 10.1 Å². The predicted octanol–water partition coefficient (Wildman–Crippen LogP) is 3.23. The monoisotopic (exact) mass is 428 g/mol. The first-order chi connectivity index (χ1) is 12.1. The summed E-state index contributed by atoms with van der Waals surface area (Å²) < 4.78 is 63.5. The van der Waals surface area contributed by atoms with Gasteiger partial charge in [-0.3, -0.25) is 4.55 Å². The maximum Gasteiger partial charge on any atom is 0.295 e. The summed E-state index contributed by atoms with van der Waals surface area (Å²) >= 11 is 9.08. The van der Waals surface area contributed by atoms with Gasteiger partial charge in [-0.1, -0.05) is 24.3 Å². The van der Waals surface area contributed by atoms with Crippen LogP contribution in [0.25, 0.3) is 12.2 Å². The molecule has 0 aromatic heterocycles. The van der Waals surface area contributed by atoms with Gasteiger partial charge in [-0.15, -0.1) is 0 Å². The Morgan fingerprint density at radius 2 is 1.27 bits per heavy atom. The lowest BCUT2D eigenvalue weighted by molar-refractivity contribution is 0.483. The molecule has 0 spiro atoms. The van der Waals surface area contributed by atoms with Crippen LogP contribution in [0.15, 0.2) is 54.9 Å². The van der Waals surface area contributed by atoms with Crippen molar-refractivity contribution in [1.29, 1.82) is 0 Å². The van der Waals surface area contributed by atoms with Crippen molar-refractivity contribution in [2.45, 2.75) is 9.79 Å². The number of sulfone groups is 1. The van der Waals surface area contributed by atoms with Crippen LogP contribution in [0.4, 0.5) is 11.4 Å². The van der Waals surface area contributed by atoms with Crippen LogP contribution >= 0.6 is 0 Å². The third-order valence-electron chi connectivity index (χ3n) is 3.32. The molecule has 0 saturated carbocycles. The van der Waals surface area contributed by atoms with Gasteiger partial charge in [0.05, 0.1) is 16.3 Å². The highest BCUT2D eigenvalue weighted by molar-refractivity contribution is 7.90. The summed E-state index contributed by atoms with van der Waals surface area (Å²) in [6, 6.07) is 8.35. The average Bonchev–Trinajstić information content (AvgIpc) is 2.58. The van der Waals surface area contributed by atoms with Crippen molar-refractivity contribution in [3.63, 3.8) is 0 Å². The van der Waals surface area contributed by atoms with Crippen LogP contribution in [0, 0.1) is 0 Å². The van der Waals surface area contributed by atoms with E-state index in [0.717, 1.165) is 12.3 Å². The minimum absolute atomic E-state index is 0.00886. The number of benzene rings is 2. The Hall–Kier alpha value is -1.92. The molecule has 0 aliphatic heterocycles. The lowest BCUT2D eigenvalue weighted by Crippen LogP contribution is -2.01. The van der Waals surface area contributed by atoms with Crippen LogP contribution in [-0.4, -0.2) is 27.6 Å². The van der Waals surface area contributed by atoms with Crippen LogP contribution in [0.3, 0.4) is 0 Å². The minimum atomic E-state index is -4.52. The van der Waals surface area contributed by atoms with Crippen LogP contribution in [0.5, 0.6) is 0 Å². The van der Waals surface area contributed by atoms with E-state index in [9.17, 15) is 21.4 Å². The molecular formula is C15H12N2O5S4. The molecule has 0 radical (unpaired) electrons. The molecule has 0 fully saturated rings. The van der Waals surface area contributed by atoms with Gasteiger partial charge in [0.15, 0.2) is 9.84 Å². The number of hydrogen-bond acceptors (Lipinski definition) is 8. The molecule has 0 heterocycles. The van der Waals surface area contributed by atoms with Crippen LogP contribution in [-0.2, 0) is 44.8 Å². The molecule has 0 aliphatic rings.